The van der Waals surface area contributed by atoms with Crippen molar-refractivity contribution >= 4 is 5.97 Å². The van der Waals surface area contributed by atoms with E-state index in [9.17, 15) is 9.90 Å². The molecule has 25 heavy (non-hydrogen) atoms. The predicted octanol–water partition coefficient (Wildman–Crippen LogP) is 4.82. The third-order valence-corrected chi connectivity index (χ3v) is 7.62. The molecule has 4 rings (SSSR count). The normalized spacial score (nSPS) is 36.2. The Morgan fingerprint density at radius 1 is 1.28 bits per heavy atom. The van der Waals surface area contributed by atoms with E-state index in [1.807, 2.05) is 19.1 Å². The van der Waals surface area contributed by atoms with Gasteiger partial charge >= 0.3 is 5.97 Å². The molecule has 0 bridgehead atoms. The molecule has 3 aliphatic carbocycles. The molecule has 0 spiro atoms. The lowest BCUT2D eigenvalue weighted by Gasteiger charge is -2.51. The molecule has 2 saturated carbocycles. The highest BCUT2D eigenvalue weighted by Gasteiger charge is 2.54. The number of aromatic hydroxyl groups is 1. The van der Waals surface area contributed by atoms with Gasteiger partial charge in [-0.1, -0.05) is 13.0 Å². The van der Waals surface area contributed by atoms with E-state index in [-0.39, 0.29) is 5.97 Å². The Balaban J connectivity index is 1.56. The highest BCUT2D eigenvalue weighted by atomic mass is 16.5. The third-order valence-electron chi connectivity index (χ3n) is 7.62. The van der Waals surface area contributed by atoms with Crippen molar-refractivity contribution in [2.45, 2.75) is 64.7 Å². The molecule has 3 unspecified atom stereocenters. The van der Waals surface area contributed by atoms with E-state index in [2.05, 4.69) is 13.0 Å². The number of hydrogen-bond donors (Lipinski definition) is 1. The van der Waals surface area contributed by atoms with Crippen molar-refractivity contribution in [3.63, 3.8) is 0 Å². The van der Waals surface area contributed by atoms with E-state index >= 15 is 0 Å². The number of carbonyl (C=O) groups excluding carboxylic acids is 1. The number of ether oxygens (including phenoxy) is 1. The smallest absolute Gasteiger partial charge is 0.306 e. The largest absolute Gasteiger partial charge is 0.508 e. The minimum atomic E-state index is -0.0130. The zero-order valence-corrected chi connectivity index (χ0v) is 15.5. The Labute approximate surface area is 150 Å². The summed E-state index contributed by atoms with van der Waals surface area (Å²) in [5.41, 5.74) is 3.12. The second kappa shape index (κ2) is 6.34. The lowest BCUT2D eigenvalue weighted by Crippen LogP contribution is -2.42. The molecule has 0 aromatic heterocycles. The van der Waals surface area contributed by atoms with Crippen LogP contribution in [-0.4, -0.2) is 17.7 Å². The number of phenolic OH excluding ortho intramolecular Hbond substituents is 1. The maximum Gasteiger partial charge on any atom is 0.306 e. The van der Waals surface area contributed by atoms with Gasteiger partial charge in [-0.15, -0.1) is 0 Å². The van der Waals surface area contributed by atoms with Gasteiger partial charge < -0.3 is 9.84 Å². The first-order valence-corrected chi connectivity index (χ1v) is 10.0. The summed E-state index contributed by atoms with van der Waals surface area (Å²) >= 11 is 0. The number of esters is 1. The molecule has 0 saturated heterocycles. The molecule has 1 aromatic carbocycles. The van der Waals surface area contributed by atoms with Crippen LogP contribution in [0.1, 0.15) is 69.4 Å². The molecule has 5 atom stereocenters. The third kappa shape index (κ3) is 2.76. The van der Waals surface area contributed by atoms with E-state index in [1.165, 1.54) is 43.2 Å². The van der Waals surface area contributed by atoms with E-state index in [4.69, 9.17) is 4.74 Å². The number of rotatable bonds is 3. The number of benzene rings is 1. The SMILES string of the molecule is CCOC(=O)C[C@H]1CCC2C3CCc4cc(O)ccc4C3CC[C@@]21C. The Bertz CT molecular complexity index is 667. The minimum Gasteiger partial charge on any atom is -0.508 e. The topological polar surface area (TPSA) is 46.5 Å². The summed E-state index contributed by atoms with van der Waals surface area (Å²) in [5.74, 6) is 2.98. The predicted molar refractivity (Wildman–Crippen MR) is 97.5 cm³/mol. The molecular formula is C22H30O3. The second-order valence-corrected chi connectivity index (χ2v) is 8.63. The summed E-state index contributed by atoms with van der Waals surface area (Å²) in [5, 5.41) is 9.79. The van der Waals surface area contributed by atoms with Crippen LogP contribution < -0.4 is 0 Å². The fraction of sp³-hybridized carbons (Fsp3) is 0.682. The zero-order valence-electron chi connectivity index (χ0n) is 15.5. The van der Waals surface area contributed by atoms with Crippen LogP contribution in [0.4, 0.5) is 0 Å². The van der Waals surface area contributed by atoms with Crippen molar-refractivity contribution in [2.24, 2.45) is 23.2 Å². The first kappa shape index (κ1) is 16.9. The molecule has 3 nitrogen and oxygen atoms in total. The van der Waals surface area contributed by atoms with Gasteiger partial charge in [0.2, 0.25) is 0 Å². The lowest BCUT2D eigenvalue weighted by molar-refractivity contribution is -0.145. The Kier molecular flexibility index (Phi) is 4.29. The van der Waals surface area contributed by atoms with Gasteiger partial charge in [0.15, 0.2) is 0 Å². The second-order valence-electron chi connectivity index (χ2n) is 8.63. The number of hydrogen-bond acceptors (Lipinski definition) is 3. The van der Waals surface area contributed by atoms with Crippen LogP contribution in [0, 0.1) is 23.2 Å². The lowest BCUT2D eigenvalue weighted by atomic mass is 9.54. The summed E-state index contributed by atoms with van der Waals surface area (Å²) in [7, 11) is 0. The Morgan fingerprint density at radius 3 is 2.92 bits per heavy atom. The van der Waals surface area contributed by atoms with E-state index in [0.29, 0.717) is 36.0 Å². The van der Waals surface area contributed by atoms with E-state index in [1.54, 1.807) is 0 Å². The molecule has 1 N–H and O–H groups in total. The van der Waals surface area contributed by atoms with E-state index in [0.717, 1.165) is 18.3 Å². The van der Waals surface area contributed by atoms with Crippen LogP contribution in [-0.2, 0) is 16.0 Å². The summed E-state index contributed by atoms with van der Waals surface area (Å²) in [6.07, 6.45) is 7.77. The van der Waals surface area contributed by atoms with Crippen LogP contribution in [0.2, 0.25) is 0 Å². The quantitative estimate of drug-likeness (QED) is 0.801. The summed E-state index contributed by atoms with van der Waals surface area (Å²) in [6.45, 7) is 4.82. The molecule has 3 heteroatoms. The van der Waals surface area contributed by atoms with Crippen molar-refractivity contribution in [1.29, 1.82) is 0 Å². The summed E-state index contributed by atoms with van der Waals surface area (Å²) in [6, 6.07) is 5.99. The number of carbonyl (C=O) groups is 1. The van der Waals surface area contributed by atoms with Gasteiger partial charge in [-0.3, -0.25) is 4.79 Å². The molecular weight excluding hydrogens is 312 g/mol. The van der Waals surface area contributed by atoms with Gasteiger partial charge in [0, 0.05) is 6.42 Å². The first-order chi connectivity index (χ1) is 12.0. The molecule has 136 valence electrons. The first-order valence-electron chi connectivity index (χ1n) is 10.0. The van der Waals surface area contributed by atoms with Crippen molar-refractivity contribution in [3.8, 4) is 5.75 Å². The van der Waals surface area contributed by atoms with Crippen LogP contribution in [0.25, 0.3) is 0 Å². The van der Waals surface area contributed by atoms with Crippen molar-refractivity contribution in [2.75, 3.05) is 6.61 Å². The monoisotopic (exact) mass is 342 g/mol. The fourth-order valence-electron chi connectivity index (χ4n) is 6.43. The van der Waals surface area contributed by atoms with Gasteiger partial charge in [0.1, 0.15) is 5.75 Å². The fourth-order valence-corrected chi connectivity index (χ4v) is 6.43. The zero-order chi connectivity index (χ0) is 17.6. The van der Waals surface area contributed by atoms with Gasteiger partial charge in [-0.2, -0.15) is 0 Å². The maximum absolute atomic E-state index is 12.0. The van der Waals surface area contributed by atoms with Crippen LogP contribution in [0.15, 0.2) is 18.2 Å². The highest BCUT2D eigenvalue weighted by molar-refractivity contribution is 5.69. The molecule has 2 fully saturated rings. The van der Waals surface area contributed by atoms with Crippen molar-refractivity contribution in [1.82, 2.24) is 0 Å². The molecule has 0 amide bonds. The minimum absolute atomic E-state index is 0.0130. The number of phenols is 1. The standard InChI is InChI=1S/C22H30O3/c1-3-25-21(24)13-15-5-9-20-19-7-4-14-12-16(23)6-8-17(14)18(19)10-11-22(15,20)2/h6,8,12,15,18-20,23H,3-5,7,9-11,13H2,1-2H3/t15-,18?,19?,20?,22-/m1/s1. The van der Waals surface area contributed by atoms with Crippen molar-refractivity contribution < 1.29 is 14.6 Å². The summed E-state index contributed by atoms with van der Waals surface area (Å²) < 4.78 is 5.23. The Hall–Kier alpha value is -1.51. The molecule has 3 aliphatic rings. The number of fused-ring (bicyclic) bond motifs is 5. The van der Waals surface area contributed by atoms with E-state index < -0.39 is 0 Å². The van der Waals surface area contributed by atoms with Gasteiger partial charge in [-0.05, 0) is 97.8 Å². The van der Waals surface area contributed by atoms with Gasteiger partial charge in [0.05, 0.1) is 6.61 Å². The Morgan fingerprint density at radius 2 is 2.12 bits per heavy atom. The van der Waals surface area contributed by atoms with Crippen LogP contribution >= 0.6 is 0 Å². The number of aryl methyl sites for hydroxylation is 1. The molecule has 0 radical (unpaired) electrons. The molecule has 0 heterocycles. The van der Waals surface area contributed by atoms with Gasteiger partial charge in [0.25, 0.3) is 0 Å². The van der Waals surface area contributed by atoms with Crippen LogP contribution in [0.5, 0.6) is 5.75 Å². The molecule has 1 aromatic rings. The average molecular weight is 342 g/mol. The van der Waals surface area contributed by atoms with Crippen LogP contribution in [0.3, 0.4) is 0 Å². The van der Waals surface area contributed by atoms with Gasteiger partial charge in [-0.25, -0.2) is 0 Å². The van der Waals surface area contributed by atoms with Crippen molar-refractivity contribution in [3.05, 3.63) is 29.3 Å². The average Bonchev–Trinajstić information content (AvgIpc) is 2.91. The summed E-state index contributed by atoms with van der Waals surface area (Å²) in [4.78, 5) is 12.0. The molecule has 0 aliphatic heterocycles. The maximum atomic E-state index is 12.0. The highest BCUT2D eigenvalue weighted by Crippen LogP contribution is 2.63.